The molecular formula is C18H20ClNO3. The van der Waals surface area contributed by atoms with E-state index in [4.69, 9.17) is 21.4 Å². The molecule has 0 radical (unpaired) electrons. The standard InChI is InChI=1S/C18H20ClNO3/c1-13(21)11-20-18(22)10-14-4-3-7-17(9-14)23-12-15-5-2-6-16(19)8-15/h2-9,13,21H,10-12H2,1H3,(H,20,22). The fourth-order valence-corrected chi connectivity index (χ4v) is 2.26. The molecule has 0 fully saturated rings. The monoisotopic (exact) mass is 333 g/mol. The molecule has 0 aliphatic heterocycles. The second-order valence-corrected chi connectivity index (χ2v) is 5.83. The van der Waals surface area contributed by atoms with Gasteiger partial charge in [0.15, 0.2) is 0 Å². The number of benzene rings is 2. The van der Waals surface area contributed by atoms with Crippen LogP contribution in [0.3, 0.4) is 0 Å². The van der Waals surface area contributed by atoms with Crippen LogP contribution >= 0.6 is 11.6 Å². The number of amides is 1. The van der Waals surface area contributed by atoms with Gasteiger partial charge in [0.1, 0.15) is 12.4 Å². The van der Waals surface area contributed by atoms with Gasteiger partial charge < -0.3 is 15.2 Å². The fraction of sp³-hybridized carbons (Fsp3) is 0.278. The van der Waals surface area contributed by atoms with Crippen LogP contribution in [-0.2, 0) is 17.8 Å². The highest BCUT2D eigenvalue weighted by Gasteiger charge is 2.06. The van der Waals surface area contributed by atoms with E-state index >= 15 is 0 Å². The molecule has 1 amide bonds. The summed E-state index contributed by atoms with van der Waals surface area (Å²) in [6, 6.07) is 14.9. The summed E-state index contributed by atoms with van der Waals surface area (Å²) in [5.41, 5.74) is 1.84. The summed E-state index contributed by atoms with van der Waals surface area (Å²) in [6.07, 6.45) is -0.299. The molecule has 2 aromatic rings. The van der Waals surface area contributed by atoms with E-state index < -0.39 is 6.10 Å². The lowest BCUT2D eigenvalue weighted by Crippen LogP contribution is -2.31. The third-order valence-electron chi connectivity index (χ3n) is 3.15. The summed E-state index contributed by atoms with van der Waals surface area (Å²) in [4.78, 5) is 11.8. The number of carbonyl (C=O) groups is 1. The van der Waals surface area contributed by atoms with E-state index in [0.29, 0.717) is 17.4 Å². The second kappa shape index (κ2) is 8.56. The van der Waals surface area contributed by atoms with Crippen molar-refractivity contribution in [2.45, 2.75) is 26.1 Å². The highest BCUT2D eigenvalue weighted by molar-refractivity contribution is 6.30. The predicted octanol–water partition coefficient (Wildman–Crippen LogP) is 2.96. The number of hydrogen-bond donors (Lipinski definition) is 2. The summed E-state index contributed by atoms with van der Waals surface area (Å²) in [5.74, 6) is 0.573. The van der Waals surface area contributed by atoms with Gasteiger partial charge in [-0.1, -0.05) is 35.9 Å². The Bertz CT molecular complexity index is 658. The zero-order valence-corrected chi connectivity index (χ0v) is 13.7. The Hall–Kier alpha value is -2.04. The molecule has 0 heterocycles. The molecule has 2 rings (SSSR count). The summed E-state index contributed by atoms with van der Waals surface area (Å²) in [7, 11) is 0. The lowest BCUT2D eigenvalue weighted by Gasteiger charge is -2.10. The first-order valence-electron chi connectivity index (χ1n) is 7.44. The van der Waals surface area contributed by atoms with Crippen molar-refractivity contribution in [3.05, 3.63) is 64.7 Å². The smallest absolute Gasteiger partial charge is 0.224 e. The van der Waals surface area contributed by atoms with Crippen LogP contribution in [0.25, 0.3) is 0 Å². The van der Waals surface area contributed by atoms with Crippen LogP contribution in [0.4, 0.5) is 0 Å². The Morgan fingerprint density at radius 1 is 1.22 bits per heavy atom. The van der Waals surface area contributed by atoms with E-state index in [1.54, 1.807) is 6.92 Å². The maximum absolute atomic E-state index is 11.8. The van der Waals surface area contributed by atoms with E-state index in [9.17, 15) is 4.79 Å². The van der Waals surface area contributed by atoms with Crippen molar-refractivity contribution in [2.75, 3.05) is 6.54 Å². The average Bonchev–Trinajstić information content (AvgIpc) is 2.51. The number of ether oxygens (including phenoxy) is 1. The Morgan fingerprint density at radius 3 is 2.70 bits per heavy atom. The summed E-state index contributed by atoms with van der Waals surface area (Å²) in [6.45, 7) is 2.30. The Labute approximate surface area is 141 Å². The summed E-state index contributed by atoms with van der Waals surface area (Å²) >= 11 is 5.94. The van der Waals surface area contributed by atoms with Crippen LogP contribution in [0.5, 0.6) is 5.75 Å². The highest BCUT2D eigenvalue weighted by Crippen LogP contribution is 2.17. The van der Waals surface area contributed by atoms with Crippen LogP contribution in [0.2, 0.25) is 5.02 Å². The molecule has 0 aliphatic carbocycles. The molecule has 1 atom stereocenters. The molecule has 0 bridgehead atoms. The maximum Gasteiger partial charge on any atom is 0.224 e. The molecule has 5 heteroatoms. The number of rotatable bonds is 7. The van der Waals surface area contributed by atoms with E-state index in [2.05, 4.69) is 5.32 Å². The van der Waals surface area contributed by atoms with Gasteiger partial charge >= 0.3 is 0 Å². The number of aliphatic hydroxyl groups excluding tert-OH is 1. The lowest BCUT2D eigenvalue weighted by molar-refractivity contribution is -0.120. The Balaban J connectivity index is 1.90. The van der Waals surface area contributed by atoms with Crippen LogP contribution < -0.4 is 10.1 Å². The predicted molar refractivity (Wildman–Crippen MR) is 90.6 cm³/mol. The molecule has 1 unspecified atom stereocenters. The van der Waals surface area contributed by atoms with Gasteiger partial charge in [-0.15, -0.1) is 0 Å². The fourth-order valence-electron chi connectivity index (χ4n) is 2.05. The van der Waals surface area contributed by atoms with Gasteiger partial charge in [0, 0.05) is 11.6 Å². The van der Waals surface area contributed by atoms with Gasteiger partial charge in [0.2, 0.25) is 5.91 Å². The first kappa shape index (κ1) is 17.3. The Morgan fingerprint density at radius 2 is 1.96 bits per heavy atom. The molecule has 122 valence electrons. The van der Waals surface area contributed by atoms with Crippen LogP contribution in [0, 0.1) is 0 Å². The Kier molecular flexibility index (Phi) is 6.44. The molecule has 0 aliphatic rings. The molecule has 4 nitrogen and oxygen atoms in total. The molecule has 0 aromatic heterocycles. The van der Waals surface area contributed by atoms with Crippen LogP contribution in [0.15, 0.2) is 48.5 Å². The zero-order valence-electron chi connectivity index (χ0n) is 13.0. The molecule has 0 saturated carbocycles. The minimum atomic E-state index is -0.550. The van der Waals surface area contributed by atoms with Gasteiger partial charge in [-0.25, -0.2) is 0 Å². The van der Waals surface area contributed by atoms with Crippen molar-refractivity contribution >= 4 is 17.5 Å². The topological polar surface area (TPSA) is 58.6 Å². The van der Waals surface area contributed by atoms with E-state index in [0.717, 1.165) is 11.1 Å². The minimum absolute atomic E-state index is 0.127. The summed E-state index contributed by atoms with van der Waals surface area (Å²) in [5, 5.41) is 12.5. The normalized spacial score (nSPS) is 11.8. The first-order valence-corrected chi connectivity index (χ1v) is 7.81. The van der Waals surface area contributed by atoms with E-state index in [-0.39, 0.29) is 18.9 Å². The van der Waals surface area contributed by atoms with Gasteiger partial charge in [-0.3, -0.25) is 4.79 Å². The van der Waals surface area contributed by atoms with Gasteiger partial charge in [-0.2, -0.15) is 0 Å². The third kappa shape index (κ3) is 6.30. The number of aliphatic hydroxyl groups is 1. The molecule has 0 saturated heterocycles. The number of carbonyl (C=O) groups excluding carboxylic acids is 1. The SMILES string of the molecule is CC(O)CNC(=O)Cc1cccc(OCc2cccc(Cl)c2)c1. The number of halogens is 1. The van der Waals surface area contributed by atoms with Crippen molar-refractivity contribution in [3.63, 3.8) is 0 Å². The van der Waals surface area contributed by atoms with E-state index in [1.165, 1.54) is 0 Å². The summed E-state index contributed by atoms with van der Waals surface area (Å²) < 4.78 is 5.74. The van der Waals surface area contributed by atoms with Crippen LogP contribution in [0.1, 0.15) is 18.1 Å². The number of hydrogen-bond acceptors (Lipinski definition) is 3. The van der Waals surface area contributed by atoms with Crippen molar-refractivity contribution in [2.24, 2.45) is 0 Å². The van der Waals surface area contributed by atoms with Crippen molar-refractivity contribution in [1.29, 1.82) is 0 Å². The lowest BCUT2D eigenvalue weighted by atomic mass is 10.1. The highest BCUT2D eigenvalue weighted by atomic mass is 35.5. The van der Waals surface area contributed by atoms with Crippen molar-refractivity contribution < 1.29 is 14.6 Å². The van der Waals surface area contributed by atoms with Gasteiger partial charge in [0.05, 0.1) is 12.5 Å². The zero-order chi connectivity index (χ0) is 16.7. The minimum Gasteiger partial charge on any atom is -0.489 e. The van der Waals surface area contributed by atoms with Gasteiger partial charge in [-0.05, 0) is 42.3 Å². The molecule has 0 spiro atoms. The molecule has 2 N–H and O–H groups in total. The third-order valence-corrected chi connectivity index (χ3v) is 3.39. The second-order valence-electron chi connectivity index (χ2n) is 5.40. The first-order chi connectivity index (χ1) is 11.0. The van der Waals surface area contributed by atoms with Crippen molar-refractivity contribution in [1.82, 2.24) is 5.32 Å². The molecule has 23 heavy (non-hydrogen) atoms. The van der Waals surface area contributed by atoms with Gasteiger partial charge in [0.25, 0.3) is 0 Å². The number of nitrogens with one attached hydrogen (secondary N) is 1. The quantitative estimate of drug-likeness (QED) is 0.819. The maximum atomic E-state index is 11.8. The van der Waals surface area contributed by atoms with Crippen LogP contribution in [-0.4, -0.2) is 23.7 Å². The van der Waals surface area contributed by atoms with Crippen molar-refractivity contribution in [3.8, 4) is 5.75 Å². The largest absolute Gasteiger partial charge is 0.489 e. The molecule has 2 aromatic carbocycles. The molecular weight excluding hydrogens is 314 g/mol. The average molecular weight is 334 g/mol. The van der Waals surface area contributed by atoms with E-state index in [1.807, 2.05) is 48.5 Å².